The first-order valence-electron chi connectivity index (χ1n) is 5.31. The molecule has 0 radical (unpaired) electrons. The minimum Gasteiger partial charge on any atom is -0.314 e. The first-order chi connectivity index (χ1) is 7.24. The normalized spacial score (nSPS) is 14.5. The Morgan fingerprint density at radius 3 is 2.53 bits per heavy atom. The number of likely N-dealkylation sites (N-methyl/N-ethyl adjacent to an activating group) is 1. The van der Waals surface area contributed by atoms with Crippen molar-refractivity contribution < 1.29 is 0 Å². The number of nitrogens with one attached hydrogen (secondary N) is 1. The summed E-state index contributed by atoms with van der Waals surface area (Å²) in [7, 11) is 1.98. The predicted molar refractivity (Wildman–Crippen MR) is 67.8 cm³/mol. The molecule has 80 valence electrons. The molecule has 1 N–H and O–H groups in total. The fourth-order valence-electron chi connectivity index (χ4n) is 1.25. The molecular weight excluding hydrogens is 182 g/mol. The Labute approximate surface area is 92.5 Å². The summed E-state index contributed by atoms with van der Waals surface area (Å²) in [6.07, 6.45) is 6.36. The van der Waals surface area contributed by atoms with Gasteiger partial charge in [0.15, 0.2) is 0 Å². The van der Waals surface area contributed by atoms with Crippen LogP contribution in [0.25, 0.3) is 6.08 Å². The fraction of sp³-hybridized carbons (Fsp3) is 0.286. The Balaban J connectivity index is 2.60. The van der Waals surface area contributed by atoms with E-state index in [1.54, 1.807) is 0 Å². The van der Waals surface area contributed by atoms with Gasteiger partial charge in [-0.1, -0.05) is 54.1 Å². The summed E-state index contributed by atoms with van der Waals surface area (Å²) in [5, 5.41) is 3.21. The van der Waals surface area contributed by atoms with Crippen molar-refractivity contribution in [1.29, 1.82) is 0 Å². The average Bonchev–Trinajstić information content (AvgIpc) is 2.29. The number of benzene rings is 1. The van der Waals surface area contributed by atoms with E-state index in [0.29, 0.717) is 6.04 Å². The number of hydrogen-bond donors (Lipinski definition) is 1. The van der Waals surface area contributed by atoms with Gasteiger partial charge in [-0.05, 0) is 26.5 Å². The second-order valence-corrected chi connectivity index (χ2v) is 3.69. The molecule has 0 aromatic heterocycles. The van der Waals surface area contributed by atoms with Crippen molar-refractivity contribution >= 4 is 6.08 Å². The third-order valence-corrected chi connectivity index (χ3v) is 2.56. The molecular formula is C14H19N. The zero-order valence-corrected chi connectivity index (χ0v) is 9.70. The van der Waals surface area contributed by atoms with Crippen LogP contribution in [0.4, 0.5) is 0 Å². The largest absolute Gasteiger partial charge is 0.314 e. The molecule has 1 unspecified atom stereocenters. The van der Waals surface area contributed by atoms with Crippen molar-refractivity contribution in [2.45, 2.75) is 19.9 Å². The summed E-state index contributed by atoms with van der Waals surface area (Å²) in [5.41, 5.74) is 2.57. The van der Waals surface area contributed by atoms with Gasteiger partial charge in [-0.15, -0.1) is 0 Å². The van der Waals surface area contributed by atoms with Crippen LogP contribution in [0.5, 0.6) is 0 Å². The van der Waals surface area contributed by atoms with Crippen molar-refractivity contribution in [3.05, 3.63) is 53.6 Å². The van der Waals surface area contributed by atoms with Gasteiger partial charge < -0.3 is 5.32 Å². The standard InChI is InChI=1S/C14H19N/c1-12(13(2)15-3)8-7-11-14-9-5-4-6-10-14/h4-11,13,15H,1-3H3. The van der Waals surface area contributed by atoms with E-state index in [0.717, 1.165) is 0 Å². The van der Waals surface area contributed by atoms with Crippen LogP contribution in [-0.2, 0) is 0 Å². The Morgan fingerprint density at radius 1 is 1.27 bits per heavy atom. The molecule has 0 saturated carbocycles. The average molecular weight is 201 g/mol. The lowest BCUT2D eigenvalue weighted by Crippen LogP contribution is -2.21. The summed E-state index contributed by atoms with van der Waals surface area (Å²) >= 11 is 0. The van der Waals surface area contributed by atoms with Crippen molar-refractivity contribution in [2.75, 3.05) is 7.05 Å². The van der Waals surface area contributed by atoms with Gasteiger partial charge in [-0.3, -0.25) is 0 Å². The monoisotopic (exact) mass is 201 g/mol. The van der Waals surface area contributed by atoms with Crippen LogP contribution in [0.1, 0.15) is 19.4 Å². The molecule has 1 aromatic rings. The summed E-state index contributed by atoms with van der Waals surface area (Å²) in [6, 6.07) is 10.8. The molecule has 0 heterocycles. The lowest BCUT2D eigenvalue weighted by Gasteiger charge is -2.08. The van der Waals surface area contributed by atoms with Gasteiger partial charge in [-0.2, -0.15) is 0 Å². The molecule has 1 aromatic carbocycles. The zero-order chi connectivity index (χ0) is 11.1. The molecule has 0 aliphatic carbocycles. The lowest BCUT2D eigenvalue weighted by molar-refractivity contribution is 0.692. The van der Waals surface area contributed by atoms with Gasteiger partial charge in [0.25, 0.3) is 0 Å². The molecule has 1 rings (SSSR count). The molecule has 1 heteroatoms. The van der Waals surface area contributed by atoms with Gasteiger partial charge in [0.05, 0.1) is 0 Å². The SMILES string of the molecule is CNC(C)C(C)=CC=Cc1ccccc1. The van der Waals surface area contributed by atoms with E-state index >= 15 is 0 Å². The van der Waals surface area contributed by atoms with Crippen molar-refractivity contribution in [2.24, 2.45) is 0 Å². The lowest BCUT2D eigenvalue weighted by atomic mass is 10.1. The highest BCUT2D eigenvalue weighted by atomic mass is 14.8. The van der Waals surface area contributed by atoms with Gasteiger partial charge in [0.2, 0.25) is 0 Å². The van der Waals surface area contributed by atoms with Crippen LogP contribution < -0.4 is 5.32 Å². The second-order valence-electron chi connectivity index (χ2n) is 3.69. The fourth-order valence-corrected chi connectivity index (χ4v) is 1.25. The second kappa shape index (κ2) is 6.20. The third-order valence-electron chi connectivity index (χ3n) is 2.56. The highest BCUT2D eigenvalue weighted by Crippen LogP contribution is 2.04. The highest BCUT2D eigenvalue weighted by Gasteiger charge is 1.96. The van der Waals surface area contributed by atoms with E-state index in [1.807, 2.05) is 25.2 Å². The molecule has 0 amide bonds. The first-order valence-corrected chi connectivity index (χ1v) is 5.31. The van der Waals surface area contributed by atoms with Crippen molar-refractivity contribution in [3.63, 3.8) is 0 Å². The molecule has 0 spiro atoms. The Hall–Kier alpha value is -1.34. The van der Waals surface area contributed by atoms with E-state index < -0.39 is 0 Å². The summed E-state index contributed by atoms with van der Waals surface area (Å²) in [4.78, 5) is 0. The molecule has 1 nitrogen and oxygen atoms in total. The van der Waals surface area contributed by atoms with E-state index in [9.17, 15) is 0 Å². The molecule has 1 atom stereocenters. The van der Waals surface area contributed by atoms with Crippen LogP contribution in [0.3, 0.4) is 0 Å². The Bertz CT molecular complexity index is 336. The minimum absolute atomic E-state index is 0.436. The van der Waals surface area contributed by atoms with Gasteiger partial charge in [0.1, 0.15) is 0 Å². The molecule has 0 aliphatic rings. The number of hydrogen-bond acceptors (Lipinski definition) is 1. The number of rotatable bonds is 4. The van der Waals surface area contributed by atoms with Gasteiger partial charge in [-0.25, -0.2) is 0 Å². The quantitative estimate of drug-likeness (QED) is 0.737. The summed E-state index contributed by atoms with van der Waals surface area (Å²) in [5.74, 6) is 0. The maximum absolute atomic E-state index is 3.21. The zero-order valence-electron chi connectivity index (χ0n) is 9.70. The van der Waals surface area contributed by atoms with E-state index in [1.165, 1.54) is 11.1 Å². The van der Waals surface area contributed by atoms with Crippen LogP contribution in [0, 0.1) is 0 Å². The third kappa shape index (κ3) is 4.13. The van der Waals surface area contributed by atoms with Crippen molar-refractivity contribution in [3.8, 4) is 0 Å². The highest BCUT2D eigenvalue weighted by molar-refractivity contribution is 5.51. The Kier molecular flexibility index (Phi) is 4.85. The van der Waals surface area contributed by atoms with Crippen LogP contribution in [-0.4, -0.2) is 13.1 Å². The Morgan fingerprint density at radius 2 is 1.93 bits per heavy atom. The van der Waals surface area contributed by atoms with Crippen LogP contribution >= 0.6 is 0 Å². The molecule has 0 fully saturated rings. The molecule has 0 saturated heterocycles. The number of allylic oxidation sites excluding steroid dienone is 2. The topological polar surface area (TPSA) is 12.0 Å². The molecule has 0 bridgehead atoms. The van der Waals surface area contributed by atoms with E-state index in [2.05, 4.69) is 49.5 Å². The molecule has 0 aliphatic heterocycles. The van der Waals surface area contributed by atoms with Crippen LogP contribution in [0.2, 0.25) is 0 Å². The van der Waals surface area contributed by atoms with Gasteiger partial charge in [0, 0.05) is 6.04 Å². The van der Waals surface area contributed by atoms with Crippen molar-refractivity contribution in [1.82, 2.24) is 5.32 Å². The summed E-state index contributed by atoms with van der Waals surface area (Å²) < 4.78 is 0. The van der Waals surface area contributed by atoms with Gasteiger partial charge >= 0.3 is 0 Å². The predicted octanol–water partition coefficient (Wildman–Crippen LogP) is 3.25. The first kappa shape index (κ1) is 11.7. The summed E-state index contributed by atoms with van der Waals surface area (Å²) in [6.45, 7) is 4.29. The van der Waals surface area contributed by atoms with E-state index in [4.69, 9.17) is 0 Å². The van der Waals surface area contributed by atoms with E-state index in [-0.39, 0.29) is 0 Å². The smallest absolute Gasteiger partial charge is 0.0248 e. The van der Waals surface area contributed by atoms with Crippen LogP contribution in [0.15, 0.2) is 48.1 Å². The maximum Gasteiger partial charge on any atom is 0.0248 e. The molecule has 15 heavy (non-hydrogen) atoms. The minimum atomic E-state index is 0.436. The maximum atomic E-state index is 3.21.